The van der Waals surface area contributed by atoms with E-state index < -0.39 is 5.82 Å². The Morgan fingerprint density at radius 2 is 2.17 bits per heavy atom. The molecule has 0 aromatic heterocycles. The number of nitriles is 1. The van der Waals surface area contributed by atoms with Crippen molar-refractivity contribution in [2.45, 2.75) is 0 Å². The molecule has 1 aromatic carbocycles. The molecule has 0 spiro atoms. The van der Waals surface area contributed by atoms with Gasteiger partial charge in [-0.25, -0.2) is 4.39 Å². The SMILES string of the molecule is Br.COc1c(F)cccc1C#N. The highest BCUT2D eigenvalue weighted by Crippen LogP contribution is 2.20. The summed E-state index contributed by atoms with van der Waals surface area (Å²) in [7, 11) is 1.33. The molecule has 0 aliphatic heterocycles. The average Bonchev–Trinajstić information content (AvgIpc) is 2.04. The zero-order chi connectivity index (χ0) is 8.27. The molecule has 0 fully saturated rings. The van der Waals surface area contributed by atoms with Crippen LogP contribution in [0.15, 0.2) is 18.2 Å². The minimum Gasteiger partial charge on any atom is -0.492 e. The van der Waals surface area contributed by atoms with E-state index in [9.17, 15) is 4.39 Å². The lowest BCUT2D eigenvalue weighted by Crippen LogP contribution is -1.90. The first-order valence-corrected chi connectivity index (χ1v) is 3.02. The Labute approximate surface area is 80.3 Å². The van der Waals surface area contributed by atoms with Gasteiger partial charge in [-0.3, -0.25) is 0 Å². The Hall–Kier alpha value is -1.08. The number of hydrogen-bond acceptors (Lipinski definition) is 2. The largest absolute Gasteiger partial charge is 0.492 e. The van der Waals surface area contributed by atoms with Crippen molar-refractivity contribution < 1.29 is 9.13 Å². The zero-order valence-electron chi connectivity index (χ0n) is 6.37. The summed E-state index contributed by atoms with van der Waals surface area (Å²) in [6.07, 6.45) is 0. The first-order valence-electron chi connectivity index (χ1n) is 3.02. The topological polar surface area (TPSA) is 33.0 Å². The summed E-state index contributed by atoms with van der Waals surface area (Å²) in [5.74, 6) is -0.499. The predicted octanol–water partition coefficient (Wildman–Crippen LogP) is 2.28. The van der Waals surface area contributed by atoms with Crippen molar-refractivity contribution in [3.63, 3.8) is 0 Å². The van der Waals surface area contributed by atoms with Crippen LogP contribution in [-0.4, -0.2) is 7.11 Å². The van der Waals surface area contributed by atoms with Gasteiger partial charge in [-0.05, 0) is 12.1 Å². The smallest absolute Gasteiger partial charge is 0.172 e. The lowest BCUT2D eigenvalue weighted by molar-refractivity contribution is 0.385. The van der Waals surface area contributed by atoms with E-state index in [2.05, 4.69) is 4.74 Å². The molecule has 1 aromatic rings. The summed E-state index contributed by atoms with van der Waals surface area (Å²) < 4.78 is 17.4. The van der Waals surface area contributed by atoms with E-state index in [4.69, 9.17) is 5.26 Å². The molecule has 0 N–H and O–H groups in total. The molecule has 0 aliphatic rings. The van der Waals surface area contributed by atoms with Crippen molar-refractivity contribution in [2.75, 3.05) is 7.11 Å². The predicted molar refractivity (Wildman–Crippen MR) is 48.0 cm³/mol. The average molecular weight is 232 g/mol. The molecule has 12 heavy (non-hydrogen) atoms. The van der Waals surface area contributed by atoms with Crippen molar-refractivity contribution >= 4 is 17.0 Å². The van der Waals surface area contributed by atoms with Crippen LogP contribution < -0.4 is 4.74 Å². The van der Waals surface area contributed by atoms with Gasteiger partial charge in [0.15, 0.2) is 11.6 Å². The van der Waals surface area contributed by atoms with E-state index in [1.807, 2.05) is 6.07 Å². The second-order valence-electron chi connectivity index (χ2n) is 1.93. The maximum atomic E-state index is 12.8. The molecular weight excluding hydrogens is 225 g/mol. The van der Waals surface area contributed by atoms with E-state index in [-0.39, 0.29) is 28.3 Å². The molecule has 0 unspecified atom stereocenters. The number of methoxy groups -OCH3 is 1. The van der Waals surface area contributed by atoms with Gasteiger partial charge in [-0.2, -0.15) is 5.26 Å². The summed E-state index contributed by atoms with van der Waals surface area (Å²) in [4.78, 5) is 0. The van der Waals surface area contributed by atoms with Gasteiger partial charge in [0.05, 0.1) is 12.7 Å². The Bertz CT molecular complexity index is 308. The standard InChI is InChI=1S/C8H6FNO.BrH/c1-11-8-6(5-10)3-2-4-7(8)9;/h2-4H,1H3;1H. The molecule has 0 aliphatic carbocycles. The summed E-state index contributed by atoms with van der Waals surface area (Å²) in [6.45, 7) is 0. The quantitative estimate of drug-likeness (QED) is 0.744. The second-order valence-corrected chi connectivity index (χ2v) is 1.93. The van der Waals surface area contributed by atoms with Crippen LogP contribution in [0, 0.1) is 17.1 Å². The normalized spacial score (nSPS) is 8.08. The maximum Gasteiger partial charge on any atom is 0.172 e. The van der Waals surface area contributed by atoms with Gasteiger partial charge in [0.25, 0.3) is 0 Å². The number of benzene rings is 1. The van der Waals surface area contributed by atoms with Crippen LogP contribution >= 0.6 is 17.0 Å². The number of rotatable bonds is 1. The molecule has 0 saturated carbocycles. The first kappa shape index (κ1) is 10.9. The number of para-hydroxylation sites is 1. The summed E-state index contributed by atoms with van der Waals surface area (Å²) >= 11 is 0. The van der Waals surface area contributed by atoms with Crippen LogP contribution in [-0.2, 0) is 0 Å². The fourth-order valence-corrected chi connectivity index (χ4v) is 0.804. The summed E-state index contributed by atoms with van der Waals surface area (Å²) in [6, 6.07) is 6.04. The summed E-state index contributed by atoms with van der Waals surface area (Å²) in [5.41, 5.74) is 0.215. The van der Waals surface area contributed by atoms with Crippen LogP contribution in [0.1, 0.15) is 5.56 Å². The second kappa shape index (κ2) is 4.73. The van der Waals surface area contributed by atoms with Crippen molar-refractivity contribution in [2.24, 2.45) is 0 Å². The highest BCUT2D eigenvalue weighted by molar-refractivity contribution is 8.93. The zero-order valence-corrected chi connectivity index (χ0v) is 8.09. The van der Waals surface area contributed by atoms with Gasteiger partial charge in [0.1, 0.15) is 6.07 Å². The van der Waals surface area contributed by atoms with Gasteiger partial charge < -0.3 is 4.74 Å². The van der Waals surface area contributed by atoms with Crippen LogP contribution in [0.5, 0.6) is 5.75 Å². The monoisotopic (exact) mass is 231 g/mol. The van der Waals surface area contributed by atoms with E-state index >= 15 is 0 Å². The van der Waals surface area contributed by atoms with Gasteiger partial charge in [-0.15, -0.1) is 17.0 Å². The molecule has 2 nitrogen and oxygen atoms in total. The first-order chi connectivity index (χ1) is 5.29. The molecule has 0 saturated heterocycles. The van der Waals surface area contributed by atoms with E-state index in [0.29, 0.717) is 0 Å². The van der Waals surface area contributed by atoms with Crippen LogP contribution in [0.4, 0.5) is 4.39 Å². The van der Waals surface area contributed by atoms with E-state index in [1.54, 1.807) is 0 Å². The number of halogens is 2. The Balaban J connectivity index is 0.00000121. The Morgan fingerprint density at radius 1 is 1.50 bits per heavy atom. The molecule has 0 amide bonds. The number of hydrogen-bond donors (Lipinski definition) is 0. The van der Waals surface area contributed by atoms with Gasteiger partial charge >= 0.3 is 0 Å². The van der Waals surface area contributed by atoms with Gasteiger partial charge in [0, 0.05) is 0 Å². The molecule has 0 radical (unpaired) electrons. The Morgan fingerprint density at radius 3 is 2.58 bits per heavy atom. The highest BCUT2D eigenvalue weighted by atomic mass is 79.9. The highest BCUT2D eigenvalue weighted by Gasteiger charge is 2.06. The lowest BCUT2D eigenvalue weighted by Gasteiger charge is -2.01. The molecule has 64 valence electrons. The van der Waals surface area contributed by atoms with Crippen LogP contribution in [0.3, 0.4) is 0 Å². The minimum absolute atomic E-state index is 0. The van der Waals surface area contributed by atoms with Crippen molar-refractivity contribution in [3.8, 4) is 11.8 Å². The fourth-order valence-electron chi connectivity index (χ4n) is 0.804. The fraction of sp³-hybridized carbons (Fsp3) is 0.125. The van der Waals surface area contributed by atoms with Crippen LogP contribution in [0.25, 0.3) is 0 Å². The lowest BCUT2D eigenvalue weighted by atomic mass is 10.2. The van der Waals surface area contributed by atoms with Crippen LogP contribution in [0.2, 0.25) is 0 Å². The Kier molecular flexibility index (Phi) is 4.30. The molecule has 1 rings (SSSR count). The number of ether oxygens (including phenoxy) is 1. The molecule has 0 atom stereocenters. The third kappa shape index (κ3) is 1.95. The van der Waals surface area contributed by atoms with E-state index in [1.165, 1.54) is 25.3 Å². The van der Waals surface area contributed by atoms with Crippen molar-refractivity contribution in [3.05, 3.63) is 29.6 Å². The number of nitrogens with zero attached hydrogens (tertiary/aromatic N) is 1. The van der Waals surface area contributed by atoms with Gasteiger partial charge in [0.2, 0.25) is 0 Å². The molecule has 4 heteroatoms. The van der Waals surface area contributed by atoms with Crippen molar-refractivity contribution in [1.29, 1.82) is 5.26 Å². The van der Waals surface area contributed by atoms with Gasteiger partial charge in [-0.1, -0.05) is 6.07 Å². The molecular formula is C8H7BrFNO. The van der Waals surface area contributed by atoms with Crippen molar-refractivity contribution in [1.82, 2.24) is 0 Å². The minimum atomic E-state index is -0.508. The maximum absolute atomic E-state index is 12.8. The summed E-state index contributed by atoms with van der Waals surface area (Å²) in [5, 5.41) is 8.48. The third-order valence-electron chi connectivity index (χ3n) is 1.29. The third-order valence-corrected chi connectivity index (χ3v) is 1.29. The molecule has 0 heterocycles. The van der Waals surface area contributed by atoms with E-state index in [0.717, 1.165) is 0 Å². The molecule has 0 bridgehead atoms.